The Hall–Kier alpha value is -0.260. The zero-order chi connectivity index (χ0) is 9.07. The van der Waals surface area contributed by atoms with Gasteiger partial charge in [0.2, 0.25) is 0 Å². The van der Waals surface area contributed by atoms with Gasteiger partial charge in [-0.25, -0.2) is 0 Å². The summed E-state index contributed by atoms with van der Waals surface area (Å²) in [6.45, 7) is 5.92. The molecule has 0 heteroatoms. The van der Waals surface area contributed by atoms with Crippen LogP contribution in [0.1, 0.15) is 51.9 Å². The van der Waals surface area contributed by atoms with Gasteiger partial charge in [-0.2, -0.15) is 0 Å². The van der Waals surface area contributed by atoms with Crippen molar-refractivity contribution >= 4 is 0 Å². The molecular formula is C12H22. The lowest BCUT2D eigenvalue weighted by atomic mass is 10.1. The fourth-order valence-electron chi connectivity index (χ4n) is 1.18. The third kappa shape index (κ3) is 9.74. The van der Waals surface area contributed by atoms with Gasteiger partial charge in [0.15, 0.2) is 0 Å². The maximum atomic E-state index is 3.67. The van der Waals surface area contributed by atoms with Crippen LogP contribution in [0, 0.1) is 13.3 Å². The van der Waals surface area contributed by atoms with Gasteiger partial charge in [0.05, 0.1) is 0 Å². The summed E-state index contributed by atoms with van der Waals surface area (Å²) in [6.07, 6.45) is 15.6. The molecule has 0 unspecified atom stereocenters. The first-order valence-electron chi connectivity index (χ1n) is 5.17. The van der Waals surface area contributed by atoms with Crippen molar-refractivity contribution in [2.24, 2.45) is 0 Å². The van der Waals surface area contributed by atoms with Crippen molar-refractivity contribution in [2.45, 2.75) is 51.9 Å². The molecule has 0 aromatic carbocycles. The Balaban J connectivity index is 2.90. The minimum Gasteiger partial charge on any atom is -0.0885 e. The predicted molar refractivity (Wildman–Crippen MR) is 56.8 cm³/mol. The normalized spacial score (nSPS) is 11.2. The molecule has 0 aliphatic carbocycles. The number of rotatable bonds is 8. The molecule has 12 heavy (non-hydrogen) atoms. The molecule has 2 radical (unpaired) electrons. The van der Waals surface area contributed by atoms with E-state index in [1.165, 1.54) is 38.5 Å². The van der Waals surface area contributed by atoms with Gasteiger partial charge < -0.3 is 0 Å². The van der Waals surface area contributed by atoms with Crippen LogP contribution in [0.15, 0.2) is 12.2 Å². The number of hydrogen-bond donors (Lipinski definition) is 0. The van der Waals surface area contributed by atoms with Gasteiger partial charge in [-0.3, -0.25) is 0 Å². The lowest BCUT2D eigenvalue weighted by Gasteiger charge is -1.95. The summed E-state index contributed by atoms with van der Waals surface area (Å²) in [4.78, 5) is 0. The van der Waals surface area contributed by atoms with Gasteiger partial charge in [-0.1, -0.05) is 44.8 Å². The summed E-state index contributed by atoms with van der Waals surface area (Å²) in [6, 6.07) is 0. The Morgan fingerprint density at radius 1 is 1.00 bits per heavy atom. The van der Waals surface area contributed by atoms with Crippen molar-refractivity contribution in [1.29, 1.82) is 0 Å². The molecule has 0 atom stereocenters. The summed E-state index contributed by atoms with van der Waals surface area (Å²) < 4.78 is 0. The van der Waals surface area contributed by atoms with E-state index < -0.39 is 0 Å². The Kier molecular flexibility index (Phi) is 10.5. The maximum Gasteiger partial charge on any atom is -0.0319 e. The van der Waals surface area contributed by atoms with Gasteiger partial charge in [0.25, 0.3) is 0 Å². The van der Waals surface area contributed by atoms with E-state index in [1.54, 1.807) is 0 Å². The van der Waals surface area contributed by atoms with E-state index in [9.17, 15) is 0 Å². The maximum absolute atomic E-state index is 3.67. The number of unbranched alkanes of at least 4 members (excludes halogenated alkanes) is 6. The van der Waals surface area contributed by atoms with E-state index in [4.69, 9.17) is 0 Å². The van der Waals surface area contributed by atoms with Crippen LogP contribution in [0.2, 0.25) is 0 Å². The van der Waals surface area contributed by atoms with E-state index in [0.29, 0.717) is 0 Å². The summed E-state index contributed by atoms with van der Waals surface area (Å²) in [7, 11) is 0. The third-order valence-corrected chi connectivity index (χ3v) is 1.94. The largest absolute Gasteiger partial charge is 0.0885 e. The quantitative estimate of drug-likeness (QED) is 0.372. The Morgan fingerprint density at radius 3 is 2.42 bits per heavy atom. The fraction of sp³-hybridized carbons (Fsp3) is 0.667. The molecule has 0 bridgehead atoms. The highest BCUT2D eigenvalue weighted by atomic mass is 13.9. The molecule has 0 nitrogen and oxygen atoms in total. The van der Waals surface area contributed by atoms with E-state index in [1.807, 2.05) is 6.42 Å². The molecule has 0 aromatic rings. The van der Waals surface area contributed by atoms with Crippen LogP contribution in [0.3, 0.4) is 0 Å². The van der Waals surface area contributed by atoms with Crippen molar-refractivity contribution in [3.05, 3.63) is 25.5 Å². The molecule has 70 valence electrons. The molecule has 0 aromatic heterocycles. The van der Waals surface area contributed by atoms with Gasteiger partial charge in [0.1, 0.15) is 0 Å². The predicted octanol–water partition coefficient (Wildman–Crippen LogP) is 4.33. The first-order valence-corrected chi connectivity index (χ1v) is 5.17. The van der Waals surface area contributed by atoms with Crippen LogP contribution < -0.4 is 0 Å². The average molecular weight is 166 g/mol. The molecule has 0 saturated carbocycles. The molecule has 0 rings (SSSR count). The summed E-state index contributed by atoms with van der Waals surface area (Å²) >= 11 is 0. The average Bonchev–Trinajstić information content (AvgIpc) is 2.10. The van der Waals surface area contributed by atoms with Crippen molar-refractivity contribution in [3.8, 4) is 0 Å². The van der Waals surface area contributed by atoms with E-state index in [0.717, 1.165) is 6.42 Å². The second-order valence-corrected chi connectivity index (χ2v) is 3.20. The first-order chi connectivity index (χ1) is 5.91. The third-order valence-electron chi connectivity index (χ3n) is 1.94. The van der Waals surface area contributed by atoms with Crippen LogP contribution in [-0.2, 0) is 0 Å². The topological polar surface area (TPSA) is 0 Å². The molecular weight excluding hydrogens is 144 g/mol. The monoisotopic (exact) mass is 166 g/mol. The molecule has 0 N–H and O–H groups in total. The van der Waals surface area contributed by atoms with Crippen molar-refractivity contribution in [1.82, 2.24) is 0 Å². The summed E-state index contributed by atoms with van der Waals surface area (Å²) in [5.74, 6) is 0. The minimum absolute atomic E-state index is 1.02. The molecule has 0 saturated heterocycles. The standard InChI is InChI=1S/C12H22/c1-3-5-7-9-11-12-10-8-6-4-2/h3,7,9H,1,4-6,8,10-12H2,2H3/b9-7+. The Morgan fingerprint density at radius 2 is 1.75 bits per heavy atom. The second-order valence-electron chi connectivity index (χ2n) is 3.20. The summed E-state index contributed by atoms with van der Waals surface area (Å²) in [5.41, 5.74) is 0. The van der Waals surface area contributed by atoms with E-state index in [2.05, 4.69) is 26.0 Å². The number of hydrogen-bond acceptors (Lipinski definition) is 0. The van der Waals surface area contributed by atoms with Gasteiger partial charge in [0, 0.05) is 0 Å². The van der Waals surface area contributed by atoms with Gasteiger partial charge >= 0.3 is 0 Å². The van der Waals surface area contributed by atoms with Crippen LogP contribution in [0.25, 0.3) is 0 Å². The molecule has 0 spiro atoms. The van der Waals surface area contributed by atoms with Crippen LogP contribution in [0.5, 0.6) is 0 Å². The molecule has 0 aliphatic heterocycles. The van der Waals surface area contributed by atoms with Crippen LogP contribution >= 0.6 is 0 Å². The molecule has 0 aliphatic rings. The van der Waals surface area contributed by atoms with Crippen LogP contribution in [-0.4, -0.2) is 0 Å². The zero-order valence-corrected chi connectivity index (χ0v) is 8.39. The smallest absolute Gasteiger partial charge is 0.0319 e. The lowest BCUT2D eigenvalue weighted by Crippen LogP contribution is -1.75. The molecule has 0 heterocycles. The highest BCUT2D eigenvalue weighted by Gasteiger charge is 1.85. The van der Waals surface area contributed by atoms with Crippen molar-refractivity contribution < 1.29 is 0 Å². The SMILES string of the molecule is [CH2][CH]C/C=C/CCCCCCC. The van der Waals surface area contributed by atoms with Crippen molar-refractivity contribution in [3.63, 3.8) is 0 Å². The van der Waals surface area contributed by atoms with Gasteiger partial charge in [-0.15, -0.1) is 0 Å². The highest BCUT2D eigenvalue weighted by Crippen LogP contribution is 2.05. The second kappa shape index (κ2) is 10.7. The van der Waals surface area contributed by atoms with Crippen LogP contribution in [0.4, 0.5) is 0 Å². The fourth-order valence-corrected chi connectivity index (χ4v) is 1.18. The molecule has 0 fully saturated rings. The highest BCUT2D eigenvalue weighted by molar-refractivity contribution is 4.87. The zero-order valence-electron chi connectivity index (χ0n) is 8.39. The molecule has 0 amide bonds. The number of allylic oxidation sites excluding steroid dienone is 2. The summed E-state index contributed by atoms with van der Waals surface area (Å²) in [5, 5.41) is 0. The van der Waals surface area contributed by atoms with Crippen molar-refractivity contribution in [2.75, 3.05) is 0 Å². The minimum atomic E-state index is 1.02. The van der Waals surface area contributed by atoms with E-state index in [-0.39, 0.29) is 0 Å². The lowest BCUT2D eigenvalue weighted by molar-refractivity contribution is 0.637. The van der Waals surface area contributed by atoms with Gasteiger partial charge in [-0.05, 0) is 32.6 Å². The first kappa shape index (κ1) is 11.7. The Bertz CT molecular complexity index is 92.2. The Labute approximate surface area is 78.1 Å². The van der Waals surface area contributed by atoms with E-state index >= 15 is 0 Å².